The van der Waals surface area contributed by atoms with E-state index in [1.807, 2.05) is 0 Å². The van der Waals surface area contributed by atoms with Gasteiger partial charge in [-0.05, 0) is 24.8 Å². The van der Waals surface area contributed by atoms with Crippen LogP contribution in [0.5, 0.6) is 0 Å². The van der Waals surface area contributed by atoms with Gasteiger partial charge < -0.3 is 10.1 Å². The first kappa shape index (κ1) is 16.2. The lowest BCUT2D eigenvalue weighted by Gasteiger charge is -2.18. The predicted molar refractivity (Wildman–Crippen MR) is 82.8 cm³/mol. The molecule has 0 aliphatic heterocycles. The number of hydrogen-bond donors (Lipinski definition) is 1. The van der Waals surface area contributed by atoms with Gasteiger partial charge >= 0.3 is 0 Å². The number of ether oxygens (including phenoxy) is 1. The van der Waals surface area contributed by atoms with Gasteiger partial charge in [-0.2, -0.15) is 0 Å². The third kappa shape index (κ3) is 6.74. The molecule has 0 spiro atoms. The summed E-state index contributed by atoms with van der Waals surface area (Å²) in [4.78, 5) is 0. The molecule has 1 rings (SSSR count). The molecule has 0 aromatic heterocycles. The Kier molecular flexibility index (Phi) is 8.52. The fraction of sp³-hybridized carbons (Fsp3) is 0.647. The Hall–Kier alpha value is -0.860. The second-order valence-electron chi connectivity index (χ2n) is 5.30. The molecule has 1 aromatic carbocycles. The van der Waals surface area contributed by atoms with Crippen LogP contribution >= 0.6 is 0 Å². The van der Waals surface area contributed by atoms with Crippen molar-refractivity contribution in [1.82, 2.24) is 5.32 Å². The molecule has 0 amide bonds. The van der Waals surface area contributed by atoms with Crippen molar-refractivity contribution in [3.8, 4) is 0 Å². The van der Waals surface area contributed by atoms with Crippen molar-refractivity contribution >= 4 is 0 Å². The molecule has 108 valence electrons. The third-order valence-electron chi connectivity index (χ3n) is 3.58. The van der Waals surface area contributed by atoms with Gasteiger partial charge in [-0.3, -0.25) is 0 Å². The van der Waals surface area contributed by atoms with Crippen LogP contribution in [0, 0.1) is 6.92 Å². The van der Waals surface area contributed by atoms with Gasteiger partial charge in [0.05, 0.1) is 6.61 Å². The van der Waals surface area contributed by atoms with E-state index in [9.17, 15) is 0 Å². The van der Waals surface area contributed by atoms with Gasteiger partial charge in [-0.1, -0.05) is 56.0 Å². The van der Waals surface area contributed by atoms with E-state index in [4.69, 9.17) is 4.74 Å². The van der Waals surface area contributed by atoms with E-state index in [2.05, 4.69) is 43.4 Å². The molecule has 0 bridgehead atoms. The Morgan fingerprint density at radius 2 is 1.89 bits per heavy atom. The summed E-state index contributed by atoms with van der Waals surface area (Å²) in [6.45, 7) is 7.18. The van der Waals surface area contributed by atoms with E-state index in [1.165, 1.54) is 36.8 Å². The molecule has 0 heterocycles. The van der Waals surface area contributed by atoms with Crippen LogP contribution < -0.4 is 5.32 Å². The summed E-state index contributed by atoms with van der Waals surface area (Å²) in [6.07, 6.45) is 5.22. The number of aryl methyl sites for hydroxylation is 1. The van der Waals surface area contributed by atoms with Gasteiger partial charge in [0.1, 0.15) is 0 Å². The van der Waals surface area contributed by atoms with Crippen molar-refractivity contribution < 1.29 is 4.74 Å². The SMILES string of the molecule is CCCCCC(CNCCOC)c1ccc(C)cc1. The van der Waals surface area contributed by atoms with E-state index in [0.29, 0.717) is 5.92 Å². The Morgan fingerprint density at radius 3 is 2.53 bits per heavy atom. The zero-order chi connectivity index (χ0) is 13.9. The lowest BCUT2D eigenvalue weighted by Crippen LogP contribution is -2.25. The quantitative estimate of drug-likeness (QED) is 0.647. The first-order valence-electron chi connectivity index (χ1n) is 7.54. The molecule has 0 fully saturated rings. The van der Waals surface area contributed by atoms with Crippen LogP contribution in [0.4, 0.5) is 0 Å². The maximum Gasteiger partial charge on any atom is 0.0587 e. The van der Waals surface area contributed by atoms with Crippen molar-refractivity contribution in [2.24, 2.45) is 0 Å². The van der Waals surface area contributed by atoms with Crippen LogP contribution in [-0.2, 0) is 4.74 Å². The maximum atomic E-state index is 5.08. The van der Waals surface area contributed by atoms with Crippen molar-refractivity contribution in [1.29, 1.82) is 0 Å². The predicted octanol–water partition coefficient (Wildman–Crippen LogP) is 3.89. The average Bonchev–Trinajstić information content (AvgIpc) is 2.43. The molecule has 1 aromatic rings. The molecular weight excluding hydrogens is 234 g/mol. The second-order valence-corrected chi connectivity index (χ2v) is 5.30. The fourth-order valence-electron chi connectivity index (χ4n) is 2.32. The highest BCUT2D eigenvalue weighted by Gasteiger charge is 2.10. The zero-order valence-electron chi connectivity index (χ0n) is 12.7. The van der Waals surface area contributed by atoms with Crippen LogP contribution in [0.1, 0.15) is 49.7 Å². The van der Waals surface area contributed by atoms with Crippen LogP contribution in [0.25, 0.3) is 0 Å². The van der Waals surface area contributed by atoms with Crippen molar-refractivity contribution in [3.05, 3.63) is 35.4 Å². The summed E-state index contributed by atoms with van der Waals surface area (Å²) in [6, 6.07) is 9.00. The normalized spacial score (nSPS) is 12.6. The Bertz CT molecular complexity index is 321. The van der Waals surface area contributed by atoms with E-state index in [-0.39, 0.29) is 0 Å². The smallest absolute Gasteiger partial charge is 0.0587 e. The van der Waals surface area contributed by atoms with Crippen molar-refractivity contribution in [3.63, 3.8) is 0 Å². The van der Waals surface area contributed by atoms with Crippen LogP contribution in [0.3, 0.4) is 0 Å². The van der Waals surface area contributed by atoms with Gasteiger partial charge in [0.2, 0.25) is 0 Å². The third-order valence-corrected chi connectivity index (χ3v) is 3.58. The first-order chi connectivity index (χ1) is 9.27. The van der Waals surface area contributed by atoms with E-state index < -0.39 is 0 Å². The lowest BCUT2D eigenvalue weighted by molar-refractivity contribution is 0.198. The zero-order valence-corrected chi connectivity index (χ0v) is 12.7. The molecule has 0 radical (unpaired) electrons. The van der Waals surface area contributed by atoms with Gasteiger partial charge in [-0.15, -0.1) is 0 Å². The van der Waals surface area contributed by atoms with Crippen LogP contribution in [-0.4, -0.2) is 26.8 Å². The Morgan fingerprint density at radius 1 is 1.16 bits per heavy atom. The van der Waals surface area contributed by atoms with Gasteiger partial charge in [0.25, 0.3) is 0 Å². The summed E-state index contributed by atoms with van der Waals surface area (Å²) in [5, 5.41) is 3.50. The number of nitrogens with one attached hydrogen (secondary N) is 1. The number of benzene rings is 1. The Balaban J connectivity index is 2.49. The number of hydrogen-bond acceptors (Lipinski definition) is 2. The molecular formula is C17H29NO. The molecule has 1 atom stereocenters. The van der Waals surface area contributed by atoms with Crippen LogP contribution in [0.2, 0.25) is 0 Å². The van der Waals surface area contributed by atoms with Crippen LogP contribution in [0.15, 0.2) is 24.3 Å². The number of rotatable bonds is 10. The summed E-state index contributed by atoms with van der Waals surface area (Å²) in [7, 11) is 1.75. The van der Waals surface area contributed by atoms with Gasteiger partial charge in [0.15, 0.2) is 0 Å². The molecule has 0 aliphatic rings. The highest BCUT2D eigenvalue weighted by Crippen LogP contribution is 2.22. The molecule has 0 saturated heterocycles. The molecule has 1 unspecified atom stereocenters. The summed E-state index contributed by atoms with van der Waals surface area (Å²) in [5.41, 5.74) is 2.80. The number of methoxy groups -OCH3 is 1. The minimum absolute atomic E-state index is 0.629. The molecule has 1 N–H and O–H groups in total. The van der Waals surface area contributed by atoms with E-state index in [0.717, 1.165) is 19.7 Å². The minimum atomic E-state index is 0.629. The summed E-state index contributed by atoms with van der Waals surface area (Å²) >= 11 is 0. The van der Waals surface area contributed by atoms with Crippen molar-refractivity contribution in [2.45, 2.75) is 45.4 Å². The Labute approximate surface area is 118 Å². The molecule has 19 heavy (non-hydrogen) atoms. The molecule has 2 nitrogen and oxygen atoms in total. The number of unbranched alkanes of at least 4 members (excludes halogenated alkanes) is 2. The maximum absolute atomic E-state index is 5.08. The largest absolute Gasteiger partial charge is 0.383 e. The van der Waals surface area contributed by atoms with Gasteiger partial charge in [-0.25, -0.2) is 0 Å². The minimum Gasteiger partial charge on any atom is -0.383 e. The van der Waals surface area contributed by atoms with E-state index in [1.54, 1.807) is 7.11 Å². The van der Waals surface area contributed by atoms with E-state index >= 15 is 0 Å². The summed E-state index contributed by atoms with van der Waals surface area (Å²) in [5.74, 6) is 0.629. The second kappa shape index (κ2) is 9.99. The monoisotopic (exact) mass is 263 g/mol. The molecule has 0 aliphatic carbocycles. The topological polar surface area (TPSA) is 21.3 Å². The fourth-order valence-corrected chi connectivity index (χ4v) is 2.32. The molecule has 0 saturated carbocycles. The first-order valence-corrected chi connectivity index (χ1v) is 7.54. The standard InChI is InChI=1S/C17H29NO/c1-4-5-6-7-17(14-18-12-13-19-3)16-10-8-15(2)9-11-16/h8-11,17-18H,4-7,12-14H2,1-3H3. The highest BCUT2D eigenvalue weighted by atomic mass is 16.5. The highest BCUT2D eigenvalue weighted by molar-refractivity contribution is 5.24. The summed E-state index contributed by atoms with van der Waals surface area (Å²) < 4.78 is 5.08. The lowest BCUT2D eigenvalue weighted by atomic mass is 9.92. The average molecular weight is 263 g/mol. The van der Waals surface area contributed by atoms with Gasteiger partial charge in [0, 0.05) is 20.2 Å². The molecule has 2 heteroatoms. The van der Waals surface area contributed by atoms with Crippen molar-refractivity contribution in [2.75, 3.05) is 26.8 Å².